The molecule has 2 saturated heterocycles. The monoisotopic (exact) mass is 1110 g/mol. The van der Waals surface area contributed by atoms with Crippen LogP contribution in [0, 0.1) is 51.8 Å². The van der Waals surface area contributed by atoms with Gasteiger partial charge >= 0.3 is 24.0 Å². The molecule has 0 N–H and O–H groups in total. The third-order valence-corrected chi connectivity index (χ3v) is 22.8. The van der Waals surface area contributed by atoms with Crippen molar-refractivity contribution >= 4 is 39.5 Å². The predicted octanol–water partition coefficient (Wildman–Crippen LogP) is 14.4. The van der Waals surface area contributed by atoms with Crippen molar-refractivity contribution in [2.24, 2.45) is 51.8 Å². The van der Waals surface area contributed by atoms with E-state index in [0.717, 1.165) is 92.3 Å². The maximum Gasteiger partial charge on any atom is 0.431 e. The highest BCUT2D eigenvalue weighted by Gasteiger charge is 2.61. The van der Waals surface area contributed by atoms with E-state index >= 15 is 0 Å². The lowest BCUT2D eigenvalue weighted by Gasteiger charge is -2.56. The minimum absolute atomic E-state index is 0.0235. The second kappa shape index (κ2) is 24.0. The molecule has 8 aliphatic carbocycles. The van der Waals surface area contributed by atoms with Crippen molar-refractivity contribution in [1.82, 2.24) is 0 Å². The number of ketones is 1. The number of halogens is 7. The zero-order valence-corrected chi connectivity index (χ0v) is 48.0. The summed E-state index contributed by atoms with van der Waals surface area (Å²) in [4.78, 5) is 38.1. The van der Waals surface area contributed by atoms with Gasteiger partial charge in [0.05, 0.1) is 32.3 Å². The van der Waals surface area contributed by atoms with Crippen molar-refractivity contribution in [3.8, 4) is 5.75 Å². The van der Waals surface area contributed by atoms with E-state index in [2.05, 4.69) is 70.5 Å². The van der Waals surface area contributed by atoms with E-state index in [1.807, 2.05) is 24.3 Å². The van der Waals surface area contributed by atoms with Gasteiger partial charge in [0.2, 0.25) is 5.78 Å². The molecule has 2 heterocycles. The zero-order chi connectivity index (χ0) is 55.6. The van der Waals surface area contributed by atoms with Gasteiger partial charge in [-0.3, -0.25) is 9.59 Å². The summed E-state index contributed by atoms with van der Waals surface area (Å²) in [5.41, 5.74) is 1.55. The minimum Gasteiger partial charge on any atom is -0.497 e. The fraction of sp³-hybridized carbons (Fsp3) is 0.750. The van der Waals surface area contributed by atoms with E-state index < -0.39 is 41.5 Å². The topological polar surface area (TPSA) is 88.1 Å². The molecule has 16 heteroatoms. The molecule has 8 saturated carbocycles. The molecule has 426 valence electrons. The van der Waals surface area contributed by atoms with E-state index in [4.69, 9.17) is 14.2 Å². The summed E-state index contributed by atoms with van der Waals surface area (Å²) in [6.45, 7) is 15.9. The van der Waals surface area contributed by atoms with Gasteiger partial charge in [-0.2, -0.15) is 22.0 Å². The number of benzene rings is 2. The fourth-order valence-electron chi connectivity index (χ4n) is 14.6. The summed E-state index contributed by atoms with van der Waals surface area (Å²) in [6, 6.07) is 16.8. The molecule has 10 aliphatic rings. The van der Waals surface area contributed by atoms with Crippen LogP contribution in [0.15, 0.2) is 53.4 Å². The largest absolute Gasteiger partial charge is 0.497 e. The molecule has 0 spiro atoms. The normalized spacial score (nSPS) is 29.9. The van der Waals surface area contributed by atoms with Crippen molar-refractivity contribution in [2.75, 3.05) is 49.9 Å². The van der Waals surface area contributed by atoms with Gasteiger partial charge in [-0.05, 0) is 173 Å². The lowest BCUT2D eigenvalue weighted by atomic mass is 9.49. The van der Waals surface area contributed by atoms with Crippen LogP contribution >= 0.6 is 0 Å². The van der Waals surface area contributed by atoms with Gasteiger partial charge < -0.3 is 18.9 Å². The second-order valence-electron chi connectivity index (χ2n) is 26.1. The maximum absolute atomic E-state index is 13.2. The van der Waals surface area contributed by atoms with E-state index in [0.29, 0.717) is 54.8 Å². The average molecular weight is 1120 g/mol. The Labute approximate surface area is 453 Å². The van der Waals surface area contributed by atoms with Crippen LogP contribution in [0.4, 0.5) is 30.7 Å². The molecule has 0 amide bonds. The number of Topliss-reactive ketones (excluding diaryl/α,β-unsaturated/α-hetero) is 1. The van der Waals surface area contributed by atoms with Crippen molar-refractivity contribution in [3.63, 3.8) is 0 Å². The Morgan fingerprint density at radius 1 is 0.645 bits per heavy atom. The lowest BCUT2D eigenvalue weighted by molar-refractivity contribution is -0.279. The van der Waals surface area contributed by atoms with Crippen LogP contribution in [0.1, 0.15) is 161 Å². The first kappa shape index (κ1) is 60.7. The number of ether oxygens (including phenoxy) is 4. The summed E-state index contributed by atoms with van der Waals surface area (Å²) in [5.74, 6) is -0.820. The molecule has 2 aromatic rings. The first-order valence-corrected chi connectivity index (χ1v) is 31.0. The summed E-state index contributed by atoms with van der Waals surface area (Å²) in [7, 11) is 2.32. The number of rotatable bonds is 11. The van der Waals surface area contributed by atoms with Crippen LogP contribution < -0.4 is 4.74 Å². The number of esters is 2. The summed E-state index contributed by atoms with van der Waals surface area (Å²) in [6.07, 6.45) is 5.81. The first-order chi connectivity index (χ1) is 35.4. The molecule has 0 aromatic heterocycles. The van der Waals surface area contributed by atoms with Gasteiger partial charge in [-0.15, -0.1) is 0 Å². The zero-order valence-electron chi connectivity index (χ0n) is 46.4. The van der Waals surface area contributed by atoms with E-state index in [9.17, 15) is 45.1 Å². The smallest absolute Gasteiger partial charge is 0.431 e. The van der Waals surface area contributed by atoms with Crippen molar-refractivity contribution in [1.29, 1.82) is 0 Å². The lowest BCUT2D eigenvalue weighted by Crippen LogP contribution is -2.54. The number of methoxy groups -OCH3 is 1. The Morgan fingerprint density at radius 3 is 1.50 bits per heavy atom. The first-order valence-electron chi connectivity index (χ1n) is 27.8. The second-order valence-corrected chi connectivity index (χ2v) is 30.8. The molecule has 2 aromatic carbocycles. The quantitative estimate of drug-likeness (QED) is 0.0958. The van der Waals surface area contributed by atoms with Gasteiger partial charge in [0.25, 0.3) is 12.0 Å². The number of carbonyl (C=O) groups is 3. The van der Waals surface area contributed by atoms with Gasteiger partial charge in [-0.25, -0.2) is 13.6 Å². The van der Waals surface area contributed by atoms with E-state index in [-0.39, 0.29) is 51.7 Å². The van der Waals surface area contributed by atoms with Crippen LogP contribution in [-0.4, -0.2) is 97.0 Å². The Hall–Kier alpha value is -2.98. The Morgan fingerprint density at radius 2 is 1.11 bits per heavy atom. The highest BCUT2D eigenvalue weighted by atomic mass is 32.2. The Kier molecular flexibility index (Phi) is 19.2. The molecule has 12 rings (SSSR count). The van der Waals surface area contributed by atoms with Crippen molar-refractivity contribution in [2.45, 2.75) is 185 Å². The van der Waals surface area contributed by atoms with E-state index in [1.54, 1.807) is 12.0 Å². The molecule has 10 fully saturated rings. The highest BCUT2D eigenvalue weighted by molar-refractivity contribution is 7.98. The fourth-order valence-corrected chi connectivity index (χ4v) is 19.7. The van der Waals surface area contributed by atoms with E-state index in [1.165, 1.54) is 49.2 Å². The number of hydrogen-bond donors (Lipinski definition) is 0. The predicted molar refractivity (Wildman–Crippen MR) is 288 cm³/mol. The van der Waals surface area contributed by atoms with Crippen LogP contribution in [0.2, 0.25) is 0 Å². The molecule has 76 heavy (non-hydrogen) atoms. The summed E-state index contributed by atoms with van der Waals surface area (Å²) < 4.78 is 110. The van der Waals surface area contributed by atoms with Crippen molar-refractivity contribution < 1.29 is 64.1 Å². The molecule has 0 radical (unpaired) electrons. The minimum atomic E-state index is -5.27. The average Bonchev–Trinajstić information content (AvgIpc) is 3.87. The SMILES string of the molecule is CC(C)(C)c1ccc([S+]2CCCC2)cc1.CC(F)(F)C(=O)OCC12CC3CC(CC(C3)C1)C2.CC(F)(F)C(OC(=O)C12CC3CC(CC(C3)C1)C2)C(F)(F)F.COc1ccc(C(=O)C([S+]2CCOCC2)C(C)(C)C)cc1. The third-order valence-electron chi connectivity index (χ3n) is 17.3. The number of carbonyl (C=O) groups excluding carboxylic acids is 3. The van der Waals surface area contributed by atoms with Crippen LogP contribution in [0.5, 0.6) is 5.75 Å². The molecule has 2 aliphatic heterocycles. The highest BCUT2D eigenvalue weighted by Crippen LogP contribution is 2.62. The number of alkyl halides is 7. The van der Waals surface area contributed by atoms with Crippen molar-refractivity contribution in [3.05, 3.63) is 59.7 Å². The standard InChI is InChI=1S/C17H25O3S.C15H19F5O2.C14H20F2O2.C14H21S/c1-17(2,3)16(21-11-9-20-10-12-21)15(18)13-5-7-14(19-4)8-6-13;1-13(16,17)11(15(18,19)20)22-12(21)14-5-8-2-9(6-14)4-10(3-8)7-14;1-13(15,16)12(17)18-8-14-5-9-2-10(6-14)4-11(3-9)7-14;1-14(2,3)12-6-8-13(9-7-12)15-10-4-5-11-15/h5-8,16H,9-12H2,1-4H3;8-11H,2-7H2,1H3;9-11H,2-8H2,1H3;6-9H,4-5,10-11H2,1-3H3/q+1;;;+1. The van der Waals surface area contributed by atoms with Gasteiger partial charge in [0, 0.05) is 52.0 Å². The number of hydrogen-bond acceptors (Lipinski definition) is 7. The molecular formula is C60H85F7O7S2+2. The third kappa shape index (κ3) is 15.5. The summed E-state index contributed by atoms with van der Waals surface area (Å²) >= 11 is 0. The molecule has 7 nitrogen and oxygen atoms in total. The van der Waals surface area contributed by atoms with Crippen LogP contribution in [0.25, 0.3) is 0 Å². The molecule has 2 atom stereocenters. The van der Waals surface area contributed by atoms with Gasteiger partial charge in [0.1, 0.15) is 28.8 Å². The Bertz CT molecular complexity index is 2170. The molecular weight excluding hydrogens is 1030 g/mol. The maximum atomic E-state index is 13.2. The van der Waals surface area contributed by atoms with Gasteiger partial charge in [0.15, 0.2) is 10.1 Å². The Balaban J connectivity index is 0.000000149. The molecule has 2 unspecified atom stereocenters. The molecule has 8 bridgehead atoms. The summed E-state index contributed by atoms with van der Waals surface area (Å²) in [5, 5.41) is 0.0646. The van der Waals surface area contributed by atoms with Crippen LogP contribution in [0.3, 0.4) is 0 Å². The van der Waals surface area contributed by atoms with Crippen LogP contribution in [-0.2, 0) is 51.0 Å². The van der Waals surface area contributed by atoms with Gasteiger partial charge in [-0.1, -0.05) is 53.7 Å².